The Balaban J connectivity index is 1.72. The Labute approximate surface area is 210 Å². The largest absolute Gasteiger partial charge is 0.465 e. The number of carboxylic acid groups (broad SMARTS) is 1. The Morgan fingerprint density at radius 1 is 1.25 bits per heavy atom. The van der Waals surface area contributed by atoms with Crippen LogP contribution in [0.25, 0.3) is 11.0 Å². The number of hydrogen-bond acceptors (Lipinski definition) is 5. The maximum atomic E-state index is 12.2. The summed E-state index contributed by atoms with van der Waals surface area (Å²) in [6.45, 7) is 5.80. The third-order valence-electron chi connectivity index (χ3n) is 6.85. The van der Waals surface area contributed by atoms with Crippen molar-refractivity contribution in [3.05, 3.63) is 57.8 Å². The molecule has 2 N–H and O–H groups in total. The Kier molecular flexibility index (Phi) is 7.44. The average molecular weight is 495 g/mol. The number of benzene rings is 1. The summed E-state index contributed by atoms with van der Waals surface area (Å²) >= 11 is 0. The second-order valence-corrected chi connectivity index (χ2v) is 9.56. The molecule has 36 heavy (non-hydrogen) atoms. The predicted molar refractivity (Wildman–Crippen MR) is 139 cm³/mol. The Bertz CT molecular complexity index is 1340. The van der Waals surface area contributed by atoms with E-state index >= 15 is 0 Å². The molecule has 1 atom stereocenters. The van der Waals surface area contributed by atoms with E-state index in [4.69, 9.17) is 4.98 Å². The smallest absolute Gasteiger partial charge is 0.412 e. The van der Waals surface area contributed by atoms with Gasteiger partial charge < -0.3 is 24.5 Å². The summed E-state index contributed by atoms with van der Waals surface area (Å²) in [5.41, 5.74) is 4.33. The average Bonchev–Trinajstić information content (AvgIpc) is 3.19. The minimum absolute atomic E-state index is 0.00213. The van der Waals surface area contributed by atoms with E-state index in [0.29, 0.717) is 31.7 Å². The molecule has 0 aliphatic carbocycles. The summed E-state index contributed by atoms with van der Waals surface area (Å²) in [5, 5.41) is 13.1. The first-order chi connectivity index (χ1) is 17.2. The van der Waals surface area contributed by atoms with Crippen molar-refractivity contribution in [2.24, 2.45) is 0 Å². The molecular formula is C26H34N6O4. The van der Waals surface area contributed by atoms with E-state index in [9.17, 15) is 19.5 Å². The lowest BCUT2D eigenvalue weighted by Crippen LogP contribution is -2.41. The number of amides is 2. The lowest BCUT2D eigenvalue weighted by atomic mass is 9.94. The maximum Gasteiger partial charge on any atom is 0.412 e. The summed E-state index contributed by atoms with van der Waals surface area (Å²) in [6.07, 6.45) is 2.83. The number of rotatable bonds is 8. The van der Waals surface area contributed by atoms with Crippen LogP contribution in [0.3, 0.4) is 0 Å². The molecule has 0 radical (unpaired) electrons. The molecule has 10 heteroatoms. The summed E-state index contributed by atoms with van der Waals surface area (Å²) in [5.74, 6) is 0.834. The first-order valence-electron chi connectivity index (χ1n) is 12.3. The molecule has 2 aromatic heterocycles. The quantitative estimate of drug-likeness (QED) is 0.465. The number of likely N-dealkylation sites (N-methyl/N-ethyl adjacent to an activating group) is 1. The van der Waals surface area contributed by atoms with Crippen molar-refractivity contribution >= 4 is 28.7 Å². The molecule has 4 rings (SSSR count). The SMILES string of the molecule is Cc1cc2c(c3nc(CCn4ccccc4=O)n(CCNCC(=O)N(C)C)c13)CCC(C)N2C(=O)O. The number of carbonyl (C=O) groups excluding carboxylic acids is 1. The molecule has 1 aromatic carbocycles. The van der Waals surface area contributed by atoms with E-state index in [1.54, 1.807) is 35.8 Å². The molecule has 2 amide bonds. The highest BCUT2D eigenvalue weighted by atomic mass is 16.4. The van der Waals surface area contributed by atoms with Crippen LogP contribution in [-0.4, -0.2) is 69.4 Å². The number of nitrogens with zero attached hydrogens (tertiary/aromatic N) is 5. The molecular weight excluding hydrogens is 460 g/mol. The highest BCUT2D eigenvalue weighted by Gasteiger charge is 2.31. The van der Waals surface area contributed by atoms with Crippen molar-refractivity contribution in [2.45, 2.75) is 52.2 Å². The van der Waals surface area contributed by atoms with Crippen LogP contribution in [0.4, 0.5) is 10.5 Å². The van der Waals surface area contributed by atoms with Gasteiger partial charge in [-0.2, -0.15) is 0 Å². The third-order valence-corrected chi connectivity index (χ3v) is 6.85. The number of anilines is 1. The summed E-state index contributed by atoms with van der Waals surface area (Å²) < 4.78 is 3.81. The van der Waals surface area contributed by atoms with Crippen LogP contribution < -0.4 is 15.8 Å². The zero-order chi connectivity index (χ0) is 26.0. The highest BCUT2D eigenvalue weighted by molar-refractivity contribution is 5.96. The van der Waals surface area contributed by atoms with Crippen molar-refractivity contribution in [3.8, 4) is 0 Å². The van der Waals surface area contributed by atoms with Crippen molar-refractivity contribution < 1.29 is 14.7 Å². The van der Waals surface area contributed by atoms with E-state index in [2.05, 4.69) is 9.88 Å². The highest BCUT2D eigenvalue weighted by Crippen LogP contribution is 2.38. The van der Waals surface area contributed by atoms with Crippen LogP contribution >= 0.6 is 0 Å². The van der Waals surface area contributed by atoms with Gasteiger partial charge in [-0.1, -0.05) is 6.07 Å². The lowest BCUT2D eigenvalue weighted by molar-refractivity contribution is -0.127. The molecule has 0 fully saturated rings. The number of aryl methyl sites for hydroxylation is 4. The Morgan fingerprint density at radius 2 is 2.03 bits per heavy atom. The third kappa shape index (κ3) is 4.99. The minimum Gasteiger partial charge on any atom is -0.465 e. The van der Waals surface area contributed by atoms with Gasteiger partial charge in [0.1, 0.15) is 5.82 Å². The molecule has 1 aliphatic heterocycles. The van der Waals surface area contributed by atoms with Gasteiger partial charge in [0.2, 0.25) is 5.91 Å². The van der Waals surface area contributed by atoms with E-state index < -0.39 is 6.09 Å². The van der Waals surface area contributed by atoms with Gasteiger partial charge in [0, 0.05) is 64.0 Å². The number of aromatic nitrogens is 3. The topological polar surface area (TPSA) is 113 Å². The molecule has 0 saturated heterocycles. The number of pyridine rings is 1. The van der Waals surface area contributed by atoms with Gasteiger partial charge in [0.15, 0.2) is 0 Å². The van der Waals surface area contributed by atoms with Crippen molar-refractivity contribution in [1.29, 1.82) is 0 Å². The van der Waals surface area contributed by atoms with Gasteiger partial charge in [0.05, 0.1) is 23.3 Å². The lowest BCUT2D eigenvalue weighted by Gasteiger charge is -2.33. The molecule has 0 saturated carbocycles. The summed E-state index contributed by atoms with van der Waals surface area (Å²) in [7, 11) is 3.45. The number of nitrogens with one attached hydrogen (secondary N) is 1. The first-order valence-corrected chi connectivity index (χ1v) is 12.3. The zero-order valence-electron chi connectivity index (χ0n) is 21.3. The van der Waals surface area contributed by atoms with Crippen molar-refractivity contribution in [2.75, 3.05) is 32.1 Å². The minimum atomic E-state index is -0.958. The van der Waals surface area contributed by atoms with Crippen LogP contribution in [0.2, 0.25) is 0 Å². The maximum absolute atomic E-state index is 12.2. The van der Waals surface area contributed by atoms with Gasteiger partial charge in [-0.3, -0.25) is 14.5 Å². The summed E-state index contributed by atoms with van der Waals surface area (Å²) in [6, 6.07) is 6.94. The normalized spacial score (nSPS) is 15.2. The van der Waals surface area contributed by atoms with Gasteiger partial charge in [-0.25, -0.2) is 9.78 Å². The van der Waals surface area contributed by atoms with Gasteiger partial charge in [-0.15, -0.1) is 0 Å². The van der Waals surface area contributed by atoms with Gasteiger partial charge in [0.25, 0.3) is 5.56 Å². The fourth-order valence-electron chi connectivity index (χ4n) is 4.91. The predicted octanol–water partition coefficient (Wildman–Crippen LogP) is 2.25. The molecule has 0 bridgehead atoms. The first kappa shape index (κ1) is 25.4. The zero-order valence-corrected chi connectivity index (χ0v) is 21.3. The standard InChI is InChI=1S/C26H34N6O4/c1-17-15-20-19(9-8-18(2)32(20)26(35)36)24-25(17)31(14-11-27-16-23(34)29(3)4)21(28-24)10-13-30-12-6-5-7-22(30)33/h5-7,12,15,18,27H,8-11,13-14,16H2,1-4H3,(H,35,36). The fourth-order valence-corrected chi connectivity index (χ4v) is 4.91. The monoisotopic (exact) mass is 494 g/mol. The molecule has 192 valence electrons. The number of fused-ring (bicyclic) bond motifs is 3. The molecule has 10 nitrogen and oxygen atoms in total. The van der Waals surface area contributed by atoms with Crippen LogP contribution in [-0.2, 0) is 30.7 Å². The molecule has 3 aromatic rings. The number of imidazole rings is 1. The van der Waals surface area contributed by atoms with E-state index in [-0.39, 0.29) is 24.1 Å². The molecule has 3 heterocycles. The second-order valence-electron chi connectivity index (χ2n) is 9.56. The van der Waals surface area contributed by atoms with Crippen molar-refractivity contribution in [1.82, 2.24) is 24.3 Å². The van der Waals surface area contributed by atoms with Gasteiger partial charge >= 0.3 is 6.09 Å². The van der Waals surface area contributed by atoms with E-state index in [0.717, 1.165) is 40.8 Å². The molecule has 0 spiro atoms. The van der Waals surface area contributed by atoms with Crippen LogP contribution in [0, 0.1) is 6.92 Å². The van der Waals surface area contributed by atoms with E-state index in [1.165, 1.54) is 11.0 Å². The number of carbonyl (C=O) groups is 2. The second kappa shape index (κ2) is 10.5. The molecule has 1 aliphatic rings. The van der Waals surface area contributed by atoms with Crippen LogP contribution in [0.5, 0.6) is 0 Å². The Hall–Kier alpha value is -3.66. The van der Waals surface area contributed by atoms with Crippen molar-refractivity contribution in [3.63, 3.8) is 0 Å². The summed E-state index contributed by atoms with van der Waals surface area (Å²) in [4.78, 5) is 44.3. The number of hydrogen-bond donors (Lipinski definition) is 2. The van der Waals surface area contributed by atoms with Crippen LogP contribution in [0.15, 0.2) is 35.3 Å². The van der Waals surface area contributed by atoms with Crippen LogP contribution in [0.1, 0.15) is 30.3 Å². The van der Waals surface area contributed by atoms with Gasteiger partial charge in [-0.05, 0) is 44.4 Å². The van der Waals surface area contributed by atoms with E-state index in [1.807, 2.05) is 26.0 Å². The Morgan fingerprint density at radius 3 is 2.72 bits per heavy atom. The fraction of sp³-hybridized carbons (Fsp3) is 0.462. The molecule has 1 unspecified atom stereocenters.